The number of methoxy groups -OCH3 is 1. The van der Waals surface area contributed by atoms with Gasteiger partial charge >= 0.3 is 0 Å². The largest absolute Gasteiger partial charge is 0.390 e. The van der Waals surface area contributed by atoms with Crippen LogP contribution in [0.1, 0.15) is 57.3 Å². The Bertz CT molecular complexity index is 1290. The number of ether oxygens (including phenoxy) is 1. The van der Waals surface area contributed by atoms with Crippen molar-refractivity contribution in [3.63, 3.8) is 0 Å². The smallest absolute Gasteiger partial charge is 0.225 e. The normalized spacial score (nSPS) is 28.1. The van der Waals surface area contributed by atoms with Crippen molar-refractivity contribution in [2.75, 3.05) is 17.7 Å². The van der Waals surface area contributed by atoms with Crippen LogP contribution in [-0.2, 0) is 4.74 Å². The third-order valence-corrected chi connectivity index (χ3v) is 9.06. The molecule has 0 aromatic carbocycles. The number of aliphatic hydroxyl groups excluding tert-OH is 2. The Morgan fingerprint density at radius 2 is 1.76 bits per heavy atom. The molecule has 0 saturated heterocycles. The number of hydrogen-bond donors (Lipinski definition) is 5. The predicted molar refractivity (Wildman–Crippen MR) is 148 cm³/mol. The van der Waals surface area contributed by atoms with E-state index in [1.807, 2.05) is 19.9 Å². The summed E-state index contributed by atoms with van der Waals surface area (Å²) in [7, 11) is 1.74. The molecule has 10 nitrogen and oxygen atoms in total. The number of anilines is 2. The summed E-state index contributed by atoms with van der Waals surface area (Å²) >= 11 is 1.54. The zero-order chi connectivity index (χ0) is 27.2. The fourth-order valence-corrected chi connectivity index (χ4v) is 6.96. The molecule has 206 valence electrons. The third kappa shape index (κ3) is 5.22. The van der Waals surface area contributed by atoms with Gasteiger partial charge in [0.25, 0.3) is 0 Å². The molecule has 5 N–H and O–H groups in total. The zero-order valence-electron chi connectivity index (χ0n) is 22.6. The Kier molecular flexibility index (Phi) is 7.58. The molecule has 6 atom stereocenters. The van der Waals surface area contributed by atoms with E-state index in [0.29, 0.717) is 18.2 Å². The van der Waals surface area contributed by atoms with Gasteiger partial charge in [-0.25, -0.2) is 9.97 Å². The molecule has 3 heterocycles. The maximum Gasteiger partial charge on any atom is 0.225 e. The maximum atomic E-state index is 10.9. The quantitative estimate of drug-likeness (QED) is 0.301. The van der Waals surface area contributed by atoms with Gasteiger partial charge in [-0.05, 0) is 53.0 Å². The molecule has 3 aromatic heterocycles. The van der Waals surface area contributed by atoms with Gasteiger partial charge in [0, 0.05) is 19.2 Å². The lowest BCUT2D eigenvalue weighted by Crippen LogP contribution is -2.40. The molecule has 38 heavy (non-hydrogen) atoms. The summed E-state index contributed by atoms with van der Waals surface area (Å²) in [6.07, 6.45) is 4.33. The van der Waals surface area contributed by atoms with Gasteiger partial charge in [-0.1, -0.05) is 12.8 Å². The fourth-order valence-electron chi connectivity index (χ4n) is 5.85. The van der Waals surface area contributed by atoms with Gasteiger partial charge in [-0.15, -0.1) is 11.3 Å². The van der Waals surface area contributed by atoms with Crippen molar-refractivity contribution in [1.29, 1.82) is 0 Å². The molecule has 0 radical (unpaired) electrons. The first kappa shape index (κ1) is 27.1. The van der Waals surface area contributed by atoms with E-state index in [9.17, 15) is 15.3 Å². The van der Waals surface area contributed by atoms with Crippen molar-refractivity contribution >= 4 is 33.3 Å². The van der Waals surface area contributed by atoms with E-state index in [1.54, 1.807) is 27.2 Å². The Labute approximate surface area is 226 Å². The van der Waals surface area contributed by atoms with Crippen LogP contribution in [0, 0.1) is 19.8 Å². The van der Waals surface area contributed by atoms with E-state index in [0.717, 1.165) is 57.9 Å². The highest BCUT2D eigenvalue weighted by Crippen LogP contribution is 2.40. The van der Waals surface area contributed by atoms with E-state index >= 15 is 0 Å². The first-order chi connectivity index (χ1) is 18.1. The Morgan fingerprint density at radius 1 is 1.00 bits per heavy atom. The monoisotopic (exact) mass is 542 g/mol. The van der Waals surface area contributed by atoms with Crippen molar-refractivity contribution in [2.24, 2.45) is 5.92 Å². The van der Waals surface area contributed by atoms with Crippen molar-refractivity contribution in [3.8, 4) is 10.6 Å². The van der Waals surface area contributed by atoms with E-state index in [-0.39, 0.29) is 12.1 Å². The summed E-state index contributed by atoms with van der Waals surface area (Å²) in [6, 6.07) is 1.53. The lowest BCUT2D eigenvalue weighted by Gasteiger charge is -2.31. The Morgan fingerprint density at radius 3 is 2.45 bits per heavy atom. The summed E-state index contributed by atoms with van der Waals surface area (Å²) in [5.41, 5.74) is 2.04. The second-order valence-electron chi connectivity index (χ2n) is 11.2. The minimum absolute atomic E-state index is 0.0859. The minimum atomic E-state index is -1.14. The molecule has 0 bridgehead atoms. The average molecular weight is 543 g/mol. The fraction of sp³-hybridized carbons (Fsp3) is 0.630. The topological polar surface area (TPSA) is 146 Å². The number of thiazole rings is 1. The van der Waals surface area contributed by atoms with Crippen molar-refractivity contribution < 1.29 is 20.1 Å². The molecular formula is C27H38N6O4S. The summed E-state index contributed by atoms with van der Waals surface area (Å²) in [6.45, 7) is 7.18. The van der Waals surface area contributed by atoms with Crippen molar-refractivity contribution in [2.45, 2.75) is 95.8 Å². The average Bonchev–Trinajstić information content (AvgIpc) is 3.41. The highest BCUT2D eigenvalue weighted by Gasteiger charge is 2.48. The number of pyridine rings is 1. The van der Waals surface area contributed by atoms with Gasteiger partial charge in [0.05, 0.1) is 51.5 Å². The van der Waals surface area contributed by atoms with Crippen LogP contribution in [0.5, 0.6) is 0 Å². The third-order valence-electron chi connectivity index (χ3n) is 8.03. The number of nitrogens with one attached hydrogen (secondary N) is 2. The van der Waals surface area contributed by atoms with Crippen LogP contribution in [0.15, 0.2) is 12.3 Å². The van der Waals surface area contributed by atoms with E-state index in [2.05, 4.69) is 15.6 Å². The SMILES string of the molecule is CO[C@@H]1CCCC[C@H]1Nc1nc(C)c(-c2nc3c(C)nccc3s2)c(N[C@@H]2C[C@H](C(C)(C)O)[C@@H](O)[C@H]2O)n1. The molecule has 0 aliphatic heterocycles. The summed E-state index contributed by atoms with van der Waals surface area (Å²) in [5, 5.41) is 39.8. The second-order valence-corrected chi connectivity index (χ2v) is 12.2. The molecule has 2 aliphatic rings. The lowest BCUT2D eigenvalue weighted by molar-refractivity contribution is -0.0601. The van der Waals surface area contributed by atoms with Gasteiger partial charge in [-0.2, -0.15) is 4.98 Å². The molecule has 0 spiro atoms. The number of aliphatic hydroxyl groups is 3. The lowest BCUT2D eigenvalue weighted by atomic mass is 9.88. The first-order valence-corrected chi connectivity index (χ1v) is 14.1. The van der Waals surface area contributed by atoms with E-state index in [4.69, 9.17) is 19.7 Å². The number of aromatic nitrogens is 4. The van der Waals surface area contributed by atoms with E-state index < -0.39 is 29.8 Å². The van der Waals surface area contributed by atoms with Crippen LogP contribution in [0.3, 0.4) is 0 Å². The van der Waals surface area contributed by atoms with Gasteiger partial charge in [0.1, 0.15) is 22.4 Å². The molecule has 2 fully saturated rings. The molecule has 2 saturated carbocycles. The molecule has 5 rings (SSSR count). The van der Waals surface area contributed by atoms with Gasteiger partial charge in [0.15, 0.2) is 0 Å². The molecule has 0 amide bonds. The number of hydrogen-bond acceptors (Lipinski definition) is 11. The minimum Gasteiger partial charge on any atom is -0.390 e. The number of rotatable bonds is 7. The first-order valence-electron chi connectivity index (χ1n) is 13.3. The summed E-state index contributed by atoms with van der Waals surface area (Å²) in [4.78, 5) is 19.0. The van der Waals surface area contributed by atoms with Crippen LogP contribution in [-0.4, -0.2) is 78.4 Å². The molecule has 3 aromatic rings. The van der Waals surface area contributed by atoms with Gasteiger partial charge < -0.3 is 30.7 Å². The van der Waals surface area contributed by atoms with Crippen molar-refractivity contribution in [1.82, 2.24) is 19.9 Å². The van der Waals surface area contributed by atoms with Crippen molar-refractivity contribution in [3.05, 3.63) is 23.7 Å². The highest BCUT2D eigenvalue weighted by atomic mass is 32.1. The predicted octanol–water partition coefficient (Wildman–Crippen LogP) is 3.43. The van der Waals surface area contributed by atoms with Crippen LogP contribution in [0.4, 0.5) is 11.8 Å². The second kappa shape index (κ2) is 10.6. The Balaban J connectivity index is 1.54. The van der Waals surface area contributed by atoms with Crippen LogP contribution < -0.4 is 10.6 Å². The van der Waals surface area contributed by atoms with Crippen LogP contribution in [0.25, 0.3) is 20.8 Å². The molecule has 2 aliphatic carbocycles. The number of aryl methyl sites for hydroxylation is 2. The highest BCUT2D eigenvalue weighted by molar-refractivity contribution is 7.21. The Hall–Kier alpha value is -2.44. The van der Waals surface area contributed by atoms with Crippen LogP contribution >= 0.6 is 11.3 Å². The zero-order valence-corrected chi connectivity index (χ0v) is 23.4. The molecule has 0 unspecified atom stereocenters. The molecule has 11 heteroatoms. The summed E-state index contributed by atoms with van der Waals surface area (Å²) < 4.78 is 6.74. The summed E-state index contributed by atoms with van der Waals surface area (Å²) in [5.74, 6) is 0.524. The molecular weight excluding hydrogens is 504 g/mol. The standard InChI is InChI=1S/C27H38N6O4S/c1-13-20(25-32-21-14(2)28-11-10-19(21)38-25)24(30-17-12-15(27(3,4)36)22(34)23(17)35)33-26(29-13)31-16-8-6-7-9-18(16)37-5/h10-11,15-18,22-23,34-36H,6-9,12H2,1-5H3,(H2,29,30,31,33)/t15-,16+,17+,18+,22+,23-/m0/s1. The van der Waals surface area contributed by atoms with Gasteiger partial charge in [-0.3, -0.25) is 4.98 Å². The number of fused-ring (bicyclic) bond motifs is 1. The van der Waals surface area contributed by atoms with E-state index in [1.165, 1.54) is 11.3 Å². The number of nitrogens with zero attached hydrogens (tertiary/aromatic N) is 4. The van der Waals surface area contributed by atoms with Crippen LogP contribution in [0.2, 0.25) is 0 Å². The van der Waals surface area contributed by atoms with Gasteiger partial charge in [0.2, 0.25) is 5.95 Å². The maximum absolute atomic E-state index is 10.9.